The lowest BCUT2D eigenvalue weighted by Gasteiger charge is -2.20. The van der Waals surface area contributed by atoms with Crippen LogP contribution >= 0.6 is 0 Å². The van der Waals surface area contributed by atoms with Crippen LogP contribution in [0.2, 0.25) is 0 Å². The predicted molar refractivity (Wildman–Crippen MR) is 81.9 cm³/mol. The van der Waals surface area contributed by atoms with Crippen LogP contribution in [0.5, 0.6) is 5.75 Å². The van der Waals surface area contributed by atoms with Crippen molar-refractivity contribution < 1.29 is 19.4 Å². The predicted octanol–water partition coefficient (Wildman–Crippen LogP) is 3.69. The van der Waals surface area contributed by atoms with Gasteiger partial charge in [-0.05, 0) is 31.0 Å². The molecule has 0 aliphatic rings. The van der Waals surface area contributed by atoms with Crippen molar-refractivity contribution >= 4 is 17.6 Å². The van der Waals surface area contributed by atoms with Crippen LogP contribution < -0.4 is 10.1 Å². The van der Waals surface area contributed by atoms with Gasteiger partial charge in [0.2, 0.25) is 5.91 Å². The number of carbonyl (C=O) groups is 2. The second-order valence-electron chi connectivity index (χ2n) is 5.01. The fourth-order valence-electron chi connectivity index (χ4n) is 2.13. The van der Waals surface area contributed by atoms with Crippen molar-refractivity contribution in [2.24, 2.45) is 0 Å². The molecule has 1 rings (SSSR count). The van der Waals surface area contributed by atoms with E-state index in [1.54, 1.807) is 6.07 Å². The van der Waals surface area contributed by atoms with Crippen LogP contribution in [0.15, 0.2) is 18.2 Å². The maximum atomic E-state index is 11.2. The van der Waals surface area contributed by atoms with Crippen LogP contribution in [0.3, 0.4) is 0 Å². The van der Waals surface area contributed by atoms with Crippen molar-refractivity contribution in [3.05, 3.63) is 23.8 Å². The number of rotatable bonds is 8. The number of benzene rings is 1. The lowest BCUT2D eigenvalue weighted by Crippen LogP contribution is -2.18. The fourth-order valence-corrected chi connectivity index (χ4v) is 2.13. The first-order valence-electron chi connectivity index (χ1n) is 7.29. The third kappa shape index (κ3) is 5.45. The molecule has 0 unspecified atom stereocenters. The van der Waals surface area contributed by atoms with Crippen LogP contribution in [0.4, 0.5) is 5.69 Å². The zero-order chi connectivity index (χ0) is 15.8. The number of aromatic carboxylic acids is 1. The first kappa shape index (κ1) is 17.0. The molecule has 0 atom stereocenters. The molecule has 0 heterocycles. The first-order chi connectivity index (χ1) is 9.97. The SMILES string of the molecule is CCCC(CCC)Oc1cc(C(=O)O)ccc1NC(C)=O. The van der Waals surface area contributed by atoms with Gasteiger partial charge < -0.3 is 15.2 Å². The Morgan fingerprint density at radius 2 is 1.86 bits per heavy atom. The van der Waals surface area contributed by atoms with Crippen molar-refractivity contribution in [1.29, 1.82) is 0 Å². The molecule has 1 aromatic rings. The number of amides is 1. The van der Waals surface area contributed by atoms with Crippen molar-refractivity contribution in [3.63, 3.8) is 0 Å². The Hall–Kier alpha value is -2.04. The first-order valence-corrected chi connectivity index (χ1v) is 7.29. The zero-order valence-electron chi connectivity index (χ0n) is 12.8. The average molecular weight is 293 g/mol. The maximum absolute atomic E-state index is 11.2. The van der Waals surface area contributed by atoms with Gasteiger partial charge in [-0.15, -0.1) is 0 Å². The second-order valence-corrected chi connectivity index (χ2v) is 5.01. The molecule has 5 heteroatoms. The third-order valence-corrected chi connectivity index (χ3v) is 3.05. The summed E-state index contributed by atoms with van der Waals surface area (Å²) in [6.45, 7) is 5.56. The van der Waals surface area contributed by atoms with Gasteiger partial charge in [-0.2, -0.15) is 0 Å². The van der Waals surface area contributed by atoms with Gasteiger partial charge in [0.1, 0.15) is 5.75 Å². The van der Waals surface area contributed by atoms with Crippen LogP contribution in [-0.2, 0) is 4.79 Å². The minimum absolute atomic E-state index is 0.0246. The van der Waals surface area contributed by atoms with Gasteiger partial charge in [0.15, 0.2) is 0 Å². The van der Waals surface area contributed by atoms with Crippen molar-refractivity contribution in [2.75, 3.05) is 5.32 Å². The average Bonchev–Trinajstić information content (AvgIpc) is 2.40. The van der Waals surface area contributed by atoms with E-state index in [-0.39, 0.29) is 17.6 Å². The highest BCUT2D eigenvalue weighted by molar-refractivity contribution is 5.93. The lowest BCUT2D eigenvalue weighted by molar-refractivity contribution is -0.114. The van der Waals surface area contributed by atoms with E-state index >= 15 is 0 Å². The number of anilines is 1. The monoisotopic (exact) mass is 293 g/mol. The summed E-state index contributed by atoms with van der Waals surface area (Å²) in [6.07, 6.45) is 3.78. The molecule has 0 spiro atoms. The van der Waals surface area contributed by atoms with Gasteiger partial charge in [0.25, 0.3) is 0 Å². The molecule has 0 saturated heterocycles. The van der Waals surface area contributed by atoms with Gasteiger partial charge in [0, 0.05) is 6.92 Å². The highest BCUT2D eigenvalue weighted by atomic mass is 16.5. The topological polar surface area (TPSA) is 75.6 Å². The molecule has 116 valence electrons. The molecule has 21 heavy (non-hydrogen) atoms. The zero-order valence-corrected chi connectivity index (χ0v) is 12.8. The van der Waals surface area contributed by atoms with Crippen LogP contribution in [0.1, 0.15) is 56.8 Å². The molecule has 0 fully saturated rings. The Morgan fingerprint density at radius 1 is 1.24 bits per heavy atom. The number of carbonyl (C=O) groups excluding carboxylic acids is 1. The molecular weight excluding hydrogens is 270 g/mol. The smallest absolute Gasteiger partial charge is 0.335 e. The highest BCUT2D eigenvalue weighted by Crippen LogP contribution is 2.28. The Bertz CT molecular complexity index is 493. The summed E-state index contributed by atoms with van der Waals surface area (Å²) < 4.78 is 5.94. The summed E-state index contributed by atoms with van der Waals surface area (Å²) in [7, 11) is 0. The summed E-state index contributed by atoms with van der Waals surface area (Å²) in [5, 5.41) is 11.8. The Kier molecular flexibility index (Phi) is 6.72. The number of hydrogen-bond donors (Lipinski definition) is 2. The standard InChI is InChI=1S/C16H23NO4/c1-4-6-13(7-5-2)21-15-10-12(16(19)20)8-9-14(15)17-11(3)18/h8-10,13H,4-7H2,1-3H3,(H,17,18)(H,19,20). The second kappa shape index (κ2) is 8.29. The van der Waals surface area contributed by atoms with E-state index in [0.29, 0.717) is 11.4 Å². The lowest BCUT2D eigenvalue weighted by atomic mass is 10.1. The van der Waals surface area contributed by atoms with E-state index in [2.05, 4.69) is 19.2 Å². The van der Waals surface area contributed by atoms with Crippen molar-refractivity contribution in [2.45, 2.75) is 52.6 Å². The Morgan fingerprint density at radius 3 is 2.33 bits per heavy atom. The van der Waals surface area contributed by atoms with Crippen molar-refractivity contribution in [3.8, 4) is 5.75 Å². The minimum atomic E-state index is -1.02. The molecule has 0 bridgehead atoms. The van der Waals surface area contributed by atoms with Gasteiger partial charge in [0.05, 0.1) is 17.4 Å². The summed E-state index contributed by atoms with van der Waals surface area (Å²) in [5.74, 6) is -0.820. The summed E-state index contributed by atoms with van der Waals surface area (Å²) in [5.41, 5.74) is 0.649. The van der Waals surface area contributed by atoms with Gasteiger partial charge in [-0.3, -0.25) is 4.79 Å². The van der Waals surface area contributed by atoms with E-state index in [1.807, 2.05) is 0 Å². The minimum Gasteiger partial charge on any atom is -0.488 e. The molecule has 1 aromatic carbocycles. The summed E-state index contributed by atoms with van der Waals surface area (Å²) >= 11 is 0. The molecule has 1 amide bonds. The fraction of sp³-hybridized carbons (Fsp3) is 0.500. The highest BCUT2D eigenvalue weighted by Gasteiger charge is 2.15. The Labute approximate surface area is 125 Å². The number of carboxylic acids is 1. The molecular formula is C16H23NO4. The van der Waals surface area contributed by atoms with E-state index < -0.39 is 5.97 Å². The van der Waals surface area contributed by atoms with Crippen LogP contribution in [0.25, 0.3) is 0 Å². The van der Waals surface area contributed by atoms with Gasteiger partial charge in [-0.25, -0.2) is 4.79 Å². The number of carboxylic acid groups (broad SMARTS) is 1. The Balaban J connectivity index is 3.05. The molecule has 0 aromatic heterocycles. The third-order valence-electron chi connectivity index (χ3n) is 3.05. The molecule has 2 N–H and O–H groups in total. The van der Waals surface area contributed by atoms with E-state index in [1.165, 1.54) is 19.1 Å². The van der Waals surface area contributed by atoms with E-state index in [0.717, 1.165) is 25.7 Å². The van der Waals surface area contributed by atoms with Gasteiger partial charge >= 0.3 is 5.97 Å². The number of ether oxygens (including phenoxy) is 1. The largest absolute Gasteiger partial charge is 0.488 e. The molecule has 0 aliphatic heterocycles. The molecule has 0 radical (unpaired) electrons. The summed E-state index contributed by atoms with van der Waals surface area (Å²) in [6, 6.07) is 4.48. The van der Waals surface area contributed by atoms with Gasteiger partial charge in [-0.1, -0.05) is 26.7 Å². The summed E-state index contributed by atoms with van der Waals surface area (Å²) in [4.78, 5) is 22.3. The van der Waals surface area contributed by atoms with Crippen LogP contribution in [-0.4, -0.2) is 23.1 Å². The number of hydrogen-bond acceptors (Lipinski definition) is 3. The van der Waals surface area contributed by atoms with E-state index in [4.69, 9.17) is 9.84 Å². The normalized spacial score (nSPS) is 10.5. The van der Waals surface area contributed by atoms with Crippen molar-refractivity contribution in [1.82, 2.24) is 0 Å². The molecule has 0 saturated carbocycles. The maximum Gasteiger partial charge on any atom is 0.335 e. The molecule has 5 nitrogen and oxygen atoms in total. The quantitative estimate of drug-likeness (QED) is 0.766. The van der Waals surface area contributed by atoms with E-state index in [9.17, 15) is 9.59 Å². The molecule has 0 aliphatic carbocycles. The van der Waals surface area contributed by atoms with Crippen LogP contribution in [0, 0.1) is 0 Å². The number of nitrogens with one attached hydrogen (secondary N) is 1.